The van der Waals surface area contributed by atoms with E-state index in [-0.39, 0.29) is 12.5 Å². The first-order valence-corrected chi connectivity index (χ1v) is 4.80. The molecule has 1 aliphatic rings. The van der Waals surface area contributed by atoms with Crippen molar-refractivity contribution < 1.29 is 17.9 Å². The zero-order valence-corrected chi connectivity index (χ0v) is 8.61. The minimum atomic E-state index is -4.26. The molecule has 0 aliphatic carbocycles. The Bertz CT molecular complexity index is 207. The fourth-order valence-electron chi connectivity index (χ4n) is 2.11. The van der Waals surface area contributed by atoms with Gasteiger partial charge in [0.25, 0.3) is 0 Å². The summed E-state index contributed by atoms with van der Waals surface area (Å²) in [6, 6.07) is 0. The number of halogens is 3. The summed E-state index contributed by atoms with van der Waals surface area (Å²) in [5, 5.41) is 2.53. The lowest BCUT2D eigenvalue weighted by atomic mass is 9.89. The van der Waals surface area contributed by atoms with Crippen molar-refractivity contribution in [1.29, 1.82) is 0 Å². The van der Waals surface area contributed by atoms with Crippen LogP contribution in [0.4, 0.5) is 13.2 Å². The van der Waals surface area contributed by atoms with Gasteiger partial charge >= 0.3 is 6.18 Å². The first kappa shape index (κ1) is 11.8. The van der Waals surface area contributed by atoms with Crippen molar-refractivity contribution in [1.82, 2.24) is 5.32 Å². The summed E-state index contributed by atoms with van der Waals surface area (Å²) in [6.07, 6.45) is -5.43. The Kier molecular flexibility index (Phi) is 3.11. The molecule has 1 heterocycles. The van der Waals surface area contributed by atoms with Gasteiger partial charge in [0.2, 0.25) is 0 Å². The van der Waals surface area contributed by atoms with Crippen LogP contribution in [0.2, 0.25) is 0 Å². The SMILES string of the molecule is CCNC1(C(F)(F)F)CC(C)OC1C. The summed E-state index contributed by atoms with van der Waals surface area (Å²) in [7, 11) is 0. The van der Waals surface area contributed by atoms with E-state index in [4.69, 9.17) is 4.74 Å². The molecule has 1 rings (SSSR count). The zero-order valence-electron chi connectivity index (χ0n) is 8.61. The molecule has 1 N–H and O–H groups in total. The van der Waals surface area contributed by atoms with Gasteiger partial charge in [-0.05, 0) is 20.4 Å². The first-order valence-electron chi connectivity index (χ1n) is 4.80. The van der Waals surface area contributed by atoms with Gasteiger partial charge in [0.15, 0.2) is 0 Å². The van der Waals surface area contributed by atoms with Gasteiger partial charge in [0.1, 0.15) is 5.54 Å². The molecule has 5 heteroatoms. The van der Waals surface area contributed by atoms with E-state index in [1.54, 1.807) is 13.8 Å². The molecule has 0 bridgehead atoms. The molecule has 3 unspecified atom stereocenters. The monoisotopic (exact) mass is 211 g/mol. The molecule has 0 amide bonds. The van der Waals surface area contributed by atoms with Crippen molar-refractivity contribution in [3.05, 3.63) is 0 Å². The molecule has 0 aromatic carbocycles. The smallest absolute Gasteiger partial charge is 0.373 e. The summed E-state index contributed by atoms with van der Waals surface area (Å²) in [5.41, 5.74) is -1.86. The molecule has 0 saturated carbocycles. The Labute approximate surface area is 81.8 Å². The zero-order chi connectivity index (χ0) is 11.0. The van der Waals surface area contributed by atoms with Crippen LogP contribution in [-0.4, -0.2) is 30.5 Å². The molecule has 0 spiro atoms. The van der Waals surface area contributed by atoms with Gasteiger partial charge in [-0.1, -0.05) is 6.92 Å². The van der Waals surface area contributed by atoms with Crippen LogP contribution in [0, 0.1) is 0 Å². The highest BCUT2D eigenvalue weighted by Crippen LogP contribution is 2.43. The number of nitrogens with one attached hydrogen (secondary N) is 1. The standard InChI is InChI=1S/C9H16F3NO/c1-4-13-8(9(10,11)12)5-6(2)14-7(8)3/h6-7,13H,4-5H2,1-3H3. The molecule has 1 aliphatic heterocycles. The lowest BCUT2D eigenvalue weighted by Gasteiger charge is -2.34. The minimum absolute atomic E-state index is 0.00843. The van der Waals surface area contributed by atoms with Crippen LogP contribution in [-0.2, 0) is 4.74 Å². The van der Waals surface area contributed by atoms with Crippen LogP contribution >= 0.6 is 0 Å². The van der Waals surface area contributed by atoms with Crippen molar-refractivity contribution in [3.8, 4) is 0 Å². The van der Waals surface area contributed by atoms with Gasteiger partial charge in [0, 0.05) is 6.42 Å². The number of hydrogen-bond acceptors (Lipinski definition) is 2. The summed E-state index contributed by atoms with van der Waals surface area (Å²) in [4.78, 5) is 0. The quantitative estimate of drug-likeness (QED) is 0.755. The summed E-state index contributed by atoms with van der Waals surface area (Å²) in [5.74, 6) is 0. The van der Waals surface area contributed by atoms with Crippen molar-refractivity contribution in [2.45, 2.75) is 51.1 Å². The predicted octanol–water partition coefficient (Wildman–Crippen LogP) is 2.09. The second kappa shape index (κ2) is 3.70. The molecule has 14 heavy (non-hydrogen) atoms. The van der Waals surface area contributed by atoms with Gasteiger partial charge < -0.3 is 10.1 Å². The van der Waals surface area contributed by atoms with E-state index in [1.807, 2.05) is 0 Å². The molecular weight excluding hydrogens is 195 g/mol. The fraction of sp³-hybridized carbons (Fsp3) is 1.00. The molecular formula is C9H16F3NO. The highest BCUT2D eigenvalue weighted by molar-refractivity contribution is 5.05. The van der Waals surface area contributed by atoms with Crippen LogP contribution in [0.15, 0.2) is 0 Å². The number of alkyl halides is 3. The highest BCUT2D eigenvalue weighted by atomic mass is 19.4. The topological polar surface area (TPSA) is 21.3 Å². The molecule has 3 atom stereocenters. The van der Waals surface area contributed by atoms with Gasteiger partial charge in [-0.15, -0.1) is 0 Å². The predicted molar refractivity (Wildman–Crippen MR) is 47.1 cm³/mol. The Hall–Kier alpha value is -0.290. The second-order valence-corrected chi connectivity index (χ2v) is 3.79. The molecule has 0 aromatic heterocycles. The lowest BCUT2D eigenvalue weighted by molar-refractivity contribution is -0.207. The lowest BCUT2D eigenvalue weighted by Crippen LogP contribution is -2.61. The Balaban J connectivity index is 2.93. The fourth-order valence-corrected chi connectivity index (χ4v) is 2.11. The van der Waals surface area contributed by atoms with Crippen molar-refractivity contribution >= 4 is 0 Å². The maximum absolute atomic E-state index is 12.9. The van der Waals surface area contributed by atoms with Crippen LogP contribution in [0.25, 0.3) is 0 Å². The maximum atomic E-state index is 12.9. The summed E-state index contributed by atoms with van der Waals surface area (Å²) in [6.45, 7) is 5.10. The van der Waals surface area contributed by atoms with E-state index in [0.29, 0.717) is 6.54 Å². The van der Waals surface area contributed by atoms with E-state index in [9.17, 15) is 13.2 Å². The van der Waals surface area contributed by atoms with Gasteiger partial charge in [-0.3, -0.25) is 0 Å². The Morgan fingerprint density at radius 1 is 1.43 bits per heavy atom. The number of rotatable bonds is 2. The summed E-state index contributed by atoms with van der Waals surface area (Å²) < 4.78 is 43.8. The normalized spacial score (nSPS) is 39.0. The largest absolute Gasteiger partial charge is 0.409 e. The maximum Gasteiger partial charge on any atom is 0.409 e. The number of likely N-dealkylation sites (N-methyl/N-ethyl adjacent to an activating group) is 1. The number of ether oxygens (including phenoxy) is 1. The first-order chi connectivity index (χ1) is 6.33. The van der Waals surface area contributed by atoms with Crippen molar-refractivity contribution in [3.63, 3.8) is 0 Å². The second-order valence-electron chi connectivity index (χ2n) is 3.79. The van der Waals surface area contributed by atoms with Crippen molar-refractivity contribution in [2.75, 3.05) is 6.54 Å². The molecule has 2 nitrogen and oxygen atoms in total. The molecule has 0 radical (unpaired) electrons. The van der Waals surface area contributed by atoms with E-state index in [0.717, 1.165) is 0 Å². The average molecular weight is 211 g/mol. The number of hydrogen-bond donors (Lipinski definition) is 1. The van der Waals surface area contributed by atoms with Gasteiger partial charge in [-0.25, -0.2) is 0 Å². The third-order valence-electron chi connectivity index (χ3n) is 2.74. The van der Waals surface area contributed by atoms with Gasteiger partial charge in [-0.2, -0.15) is 13.2 Å². The van der Waals surface area contributed by atoms with Gasteiger partial charge in [0.05, 0.1) is 12.2 Å². The molecule has 1 fully saturated rings. The Morgan fingerprint density at radius 2 is 2.00 bits per heavy atom. The Morgan fingerprint density at radius 3 is 2.29 bits per heavy atom. The van der Waals surface area contributed by atoms with Crippen LogP contribution in [0.3, 0.4) is 0 Å². The highest BCUT2D eigenvalue weighted by Gasteiger charge is 2.62. The molecule has 1 saturated heterocycles. The van der Waals surface area contributed by atoms with Crippen molar-refractivity contribution in [2.24, 2.45) is 0 Å². The summed E-state index contributed by atoms with van der Waals surface area (Å²) >= 11 is 0. The van der Waals surface area contributed by atoms with Crippen LogP contribution in [0.5, 0.6) is 0 Å². The van der Waals surface area contributed by atoms with E-state index < -0.39 is 17.8 Å². The van der Waals surface area contributed by atoms with E-state index in [2.05, 4.69) is 5.32 Å². The van der Waals surface area contributed by atoms with Crippen LogP contribution in [0.1, 0.15) is 27.2 Å². The van der Waals surface area contributed by atoms with E-state index >= 15 is 0 Å². The van der Waals surface area contributed by atoms with Crippen LogP contribution < -0.4 is 5.32 Å². The molecule has 0 aromatic rings. The third-order valence-corrected chi connectivity index (χ3v) is 2.74. The average Bonchev–Trinajstić information content (AvgIpc) is 2.27. The molecule has 84 valence electrons. The van der Waals surface area contributed by atoms with E-state index in [1.165, 1.54) is 6.92 Å². The minimum Gasteiger partial charge on any atom is -0.373 e. The third kappa shape index (κ3) is 1.75.